The minimum atomic E-state index is 0.317. The highest BCUT2D eigenvalue weighted by Gasteiger charge is 2.24. The average Bonchev–Trinajstić information content (AvgIpc) is 2.65. The molecule has 1 fully saturated rings. The number of likely N-dealkylation sites (N-methyl/N-ethyl adjacent to an activating group) is 1. The van der Waals surface area contributed by atoms with E-state index in [1.54, 1.807) is 0 Å². The predicted octanol–water partition coefficient (Wildman–Crippen LogP) is 0.722. The SMILES string of the molecule is CNCC1CCC(COCCCN(C)C)O1. The van der Waals surface area contributed by atoms with Gasteiger partial charge in [-0.05, 0) is 47.0 Å². The first kappa shape index (κ1) is 13.9. The van der Waals surface area contributed by atoms with Crippen LogP contribution in [0.4, 0.5) is 0 Å². The third-order valence-electron chi connectivity index (χ3n) is 2.83. The third kappa shape index (κ3) is 5.80. The molecule has 2 atom stereocenters. The van der Waals surface area contributed by atoms with Crippen molar-refractivity contribution in [3.63, 3.8) is 0 Å². The van der Waals surface area contributed by atoms with Crippen LogP contribution in [0.15, 0.2) is 0 Å². The van der Waals surface area contributed by atoms with Crippen molar-refractivity contribution >= 4 is 0 Å². The van der Waals surface area contributed by atoms with Crippen molar-refractivity contribution < 1.29 is 9.47 Å². The highest BCUT2D eigenvalue weighted by Crippen LogP contribution is 2.19. The van der Waals surface area contributed by atoms with Crippen LogP contribution in [0.3, 0.4) is 0 Å². The smallest absolute Gasteiger partial charge is 0.0813 e. The van der Waals surface area contributed by atoms with Crippen molar-refractivity contribution in [1.29, 1.82) is 0 Å². The van der Waals surface area contributed by atoms with E-state index in [0.29, 0.717) is 12.2 Å². The molecule has 0 saturated carbocycles. The summed E-state index contributed by atoms with van der Waals surface area (Å²) in [6, 6.07) is 0. The van der Waals surface area contributed by atoms with Crippen LogP contribution in [0.25, 0.3) is 0 Å². The Balaban J connectivity index is 1.94. The average molecular weight is 230 g/mol. The van der Waals surface area contributed by atoms with E-state index >= 15 is 0 Å². The van der Waals surface area contributed by atoms with Gasteiger partial charge >= 0.3 is 0 Å². The molecule has 0 aromatic rings. The maximum Gasteiger partial charge on any atom is 0.0813 e. The minimum absolute atomic E-state index is 0.317. The van der Waals surface area contributed by atoms with Crippen LogP contribution < -0.4 is 5.32 Å². The summed E-state index contributed by atoms with van der Waals surface area (Å²) in [5, 5.41) is 3.15. The van der Waals surface area contributed by atoms with Gasteiger partial charge in [0, 0.05) is 13.2 Å². The fraction of sp³-hybridized carbons (Fsp3) is 1.00. The summed E-state index contributed by atoms with van der Waals surface area (Å²) >= 11 is 0. The molecule has 16 heavy (non-hydrogen) atoms. The predicted molar refractivity (Wildman–Crippen MR) is 65.8 cm³/mol. The molecule has 1 N–H and O–H groups in total. The second kappa shape index (κ2) is 8.01. The molecule has 2 unspecified atom stereocenters. The van der Waals surface area contributed by atoms with Crippen LogP contribution in [0.5, 0.6) is 0 Å². The molecule has 1 aliphatic heterocycles. The Morgan fingerprint density at radius 3 is 2.75 bits per heavy atom. The second-order valence-electron chi connectivity index (χ2n) is 4.75. The maximum atomic E-state index is 5.83. The second-order valence-corrected chi connectivity index (χ2v) is 4.75. The van der Waals surface area contributed by atoms with Crippen LogP contribution in [0.1, 0.15) is 19.3 Å². The lowest BCUT2D eigenvalue weighted by molar-refractivity contribution is -0.0148. The lowest BCUT2D eigenvalue weighted by Crippen LogP contribution is -2.25. The van der Waals surface area contributed by atoms with Gasteiger partial charge in [-0.15, -0.1) is 0 Å². The van der Waals surface area contributed by atoms with Gasteiger partial charge in [-0.1, -0.05) is 0 Å². The molecule has 0 aromatic carbocycles. The van der Waals surface area contributed by atoms with Crippen molar-refractivity contribution in [3.05, 3.63) is 0 Å². The topological polar surface area (TPSA) is 33.7 Å². The van der Waals surface area contributed by atoms with Crippen molar-refractivity contribution in [1.82, 2.24) is 10.2 Å². The Hall–Kier alpha value is -0.160. The number of ether oxygens (including phenoxy) is 2. The third-order valence-corrected chi connectivity index (χ3v) is 2.83. The lowest BCUT2D eigenvalue weighted by atomic mass is 10.2. The minimum Gasteiger partial charge on any atom is -0.379 e. The van der Waals surface area contributed by atoms with Gasteiger partial charge in [0.2, 0.25) is 0 Å². The highest BCUT2D eigenvalue weighted by molar-refractivity contribution is 4.74. The van der Waals surface area contributed by atoms with Crippen molar-refractivity contribution in [2.24, 2.45) is 0 Å². The molecule has 0 aromatic heterocycles. The van der Waals surface area contributed by atoms with Crippen molar-refractivity contribution in [2.75, 3.05) is 47.4 Å². The first-order valence-electron chi connectivity index (χ1n) is 6.25. The first-order chi connectivity index (χ1) is 7.72. The van der Waals surface area contributed by atoms with E-state index in [9.17, 15) is 0 Å². The summed E-state index contributed by atoms with van der Waals surface area (Å²) < 4.78 is 11.5. The van der Waals surface area contributed by atoms with E-state index in [1.165, 1.54) is 0 Å². The molecular weight excluding hydrogens is 204 g/mol. The number of rotatable bonds is 8. The normalized spacial score (nSPS) is 25.5. The molecule has 0 amide bonds. The summed E-state index contributed by atoms with van der Waals surface area (Å²) in [6.07, 6.45) is 4.10. The molecule has 0 spiro atoms. The molecule has 4 heteroatoms. The van der Waals surface area contributed by atoms with Crippen LogP contribution in [0.2, 0.25) is 0 Å². The molecule has 0 bridgehead atoms. The number of nitrogens with zero attached hydrogens (tertiary/aromatic N) is 1. The number of hydrogen-bond donors (Lipinski definition) is 1. The summed E-state index contributed by atoms with van der Waals surface area (Å²) in [5.41, 5.74) is 0. The van der Waals surface area contributed by atoms with Crippen molar-refractivity contribution in [3.8, 4) is 0 Å². The Bertz CT molecular complexity index is 176. The summed E-state index contributed by atoms with van der Waals surface area (Å²) in [7, 11) is 6.14. The van der Waals surface area contributed by atoms with Gasteiger partial charge in [0.15, 0.2) is 0 Å². The van der Waals surface area contributed by atoms with Crippen LogP contribution >= 0.6 is 0 Å². The van der Waals surface area contributed by atoms with E-state index in [-0.39, 0.29) is 0 Å². The van der Waals surface area contributed by atoms with Gasteiger partial charge in [0.25, 0.3) is 0 Å². The molecule has 0 radical (unpaired) electrons. The summed E-state index contributed by atoms with van der Waals surface area (Å²) in [6.45, 7) is 3.65. The van der Waals surface area contributed by atoms with Gasteiger partial charge < -0.3 is 19.7 Å². The van der Waals surface area contributed by atoms with E-state index in [0.717, 1.165) is 45.6 Å². The molecule has 1 saturated heterocycles. The lowest BCUT2D eigenvalue weighted by Gasteiger charge is -2.14. The molecule has 4 nitrogen and oxygen atoms in total. The van der Waals surface area contributed by atoms with Gasteiger partial charge in [-0.3, -0.25) is 0 Å². The zero-order valence-corrected chi connectivity index (χ0v) is 10.9. The molecule has 0 aliphatic carbocycles. The molecule has 96 valence electrons. The van der Waals surface area contributed by atoms with Crippen LogP contribution in [-0.2, 0) is 9.47 Å². The Morgan fingerprint density at radius 2 is 2.06 bits per heavy atom. The molecular formula is C12H26N2O2. The van der Waals surface area contributed by atoms with E-state index in [2.05, 4.69) is 24.3 Å². The quantitative estimate of drug-likeness (QED) is 0.623. The molecule has 1 rings (SSSR count). The fourth-order valence-electron chi connectivity index (χ4n) is 1.98. The zero-order valence-electron chi connectivity index (χ0n) is 10.9. The highest BCUT2D eigenvalue weighted by atomic mass is 16.5. The van der Waals surface area contributed by atoms with E-state index < -0.39 is 0 Å². The van der Waals surface area contributed by atoms with Crippen LogP contribution in [-0.4, -0.2) is 64.6 Å². The Morgan fingerprint density at radius 1 is 1.31 bits per heavy atom. The monoisotopic (exact) mass is 230 g/mol. The van der Waals surface area contributed by atoms with Gasteiger partial charge in [0.1, 0.15) is 0 Å². The van der Waals surface area contributed by atoms with E-state index in [4.69, 9.17) is 9.47 Å². The number of nitrogens with one attached hydrogen (secondary N) is 1. The van der Waals surface area contributed by atoms with Gasteiger partial charge in [-0.25, -0.2) is 0 Å². The van der Waals surface area contributed by atoms with Gasteiger partial charge in [-0.2, -0.15) is 0 Å². The Labute approximate surface area is 99.3 Å². The first-order valence-corrected chi connectivity index (χ1v) is 6.25. The maximum absolute atomic E-state index is 5.83. The number of hydrogen-bond acceptors (Lipinski definition) is 4. The summed E-state index contributed by atoms with van der Waals surface area (Å²) in [4.78, 5) is 2.18. The van der Waals surface area contributed by atoms with Gasteiger partial charge in [0.05, 0.1) is 18.8 Å². The van der Waals surface area contributed by atoms with E-state index in [1.807, 2.05) is 7.05 Å². The summed E-state index contributed by atoms with van der Waals surface area (Å²) in [5.74, 6) is 0. The largest absolute Gasteiger partial charge is 0.379 e. The van der Waals surface area contributed by atoms with Crippen LogP contribution in [0, 0.1) is 0 Å². The van der Waals surface area contributed by atoms with Crippen molar-refractivity contribution in [2.45, 2.75) is 31.5 Å². The molecule has 1 aliphatic rings. The zero-order chi connectivity index (χ0) is 11.8. The fourth-order valence-corrected chi connectivity index (χ4v) is 1.98. The molecule has 1 heterocycles. The Kier molecular flexibility index (Phi) is 6.96. The standard InChI is InChI=1S/C12H26N2O2/c1-13-9-11-5-6-12(16-11)10-15-8-4-7-14(2)3/h11-13H,4-10H2,1-3H3.